The number of rotatable bonds is 5. The van der Waals surface area contributed by atoms with Crippen molar-refractivity contribution < 1.29 is 23.5 Å². The third-order valence-electron chi connectivity index (χ3n) is 5.51. The molecule has 4 aromatic rings. The maximum absolute atomic E-state index is 13.5. The molecule has 2 aromatic carbocycles. The van der Waals surface area contributed by atoms with E-state index in [1.807, 2.05) is 0 Å². The van der Waals surface area contributed by atoms with E-state index in [1.54, 1.807) is 31.2 Å². The fraction of sp³-hybridized carbons (Fsp3) is 0.0800. The molecule has 37 heavy (non-hydrogen) atoms. The number of pyridine rings is 1. The van der Waals surface area contributed by atoms with Crippen LogP contribution in [0.15, 0.2) is 81.5 Å². The molecule has 0 aliphatic carbocycles. The molecule has 3 heterocycles. The molecule has 0 bridgehead atoms. The Hall–Kier alpha value is -4.77. The first-order valence-corrected chi connectivity index (χ1v) is 11.3. The zero-order valence-corrected chi connectivity index (χ0v) is 19.9. The van der Waals surface area contributed by atoms with Gasteiger partial charge in [-0.2, -0.15) is 4.98 Å². The molecule has 0 saturated heterocycles. The van der Waals surface area contributed by atoms with Crippen LogP contribution in [0.1, 0.15) is 28.9 Å². The van der Waals surface area contributed by atoms with Crippen LogP contribution >= 0.6 is 11.6 Å². The Bertz CT molecular complexity index is 1600. The number of fused-ring (bicyclic) bond motifs is 1. The average molecular weight is 521 g/mol. The van der Waals surface area contributed by atoms with Gasteiger partial charge in [0.05, 0.1) is 11.1 Å². The predicted molar refractivity (Wildman–Crippen MR) is 135 cm³/mol. The Balaban J connectivity index is 1.46. The fourth-order valence-corrected chi connectivity index (χ4v) is 4.03. The fourth-order valence-electron chi connectivity index (χ4n) is 3.79. The summed E-state index contributed by atoms with van der Waals surface area (Å²) in [6, 6.07) is 13.0. The lowest BCUT2D eigenvalue weighted by molar-refractivity contribution is -0.113. The molecule has 1 amide bonds. The number of anilines is 2. The molecule has 5 rings (SSSR count). The lowest BCUT2D eigenvalue weighted by Crippen LogP contribution is -2.37. The molecule has 0 saturated carbocycles. The van der Waals surface area contributed by atoms with E-state index in [1.165, 1.54) is 30.3 Å². The van der Waals surface area contributed by atoms with E-state index in [4.69, 9.17) is 21.1 Å². The lowest BCUT2D eigenvalue weighted by atomic mass is 9.95. The maximum Gasteiger partial charge on any atom is 0.337 e. The van der Waals surface area contributed by atoms with Crippen LogP contribution < -0.4 is 16.0 Å². The molecule has 1 atom stereocenters. The van der Waals surface area contributed by atoms with E-state index in [-0.39, 0.29) is 34.5 Å². The Morgan fingerprint density at radius 1 is 1.16 bits per heavy atom. The molecule has 186 valence electrons. The van der Waals surface area contributed by atoms with Crippen LogP contribution in [0, 0.1) is 5.82 Å². The number of aromatic nitrogens is 2. The van der Waals surface area contributed by atoms with Crippen LogP contribution in [0.3, 0.4) is 0 Å². The van der Waals surface area contributed by atoms with Gasteiger partial charge in [-0.3, -0.25) is 10.1 Å². The van der Waals surface area contributed by atoms with E-state index in [0.717, 1.165) is 6.20 Å². The number of carbonyl (C=O) groups excluding carboxylic acids is 1. The topological polar surface area (TPSA) is 142 Å². The van der Waals surface area contributed by atoms with Gasteiger partial charge in [-0.25, -0.2) is 19.2 Å². The lowest BCUT2D eigenvalue weighted by Gasteiger charge is -2.26. The van der Waals surface area contributed by atoms with Gasteiger partial charge in [0.25, 0.3) is 5.91 Å². The molecule has 1 unspecified atom stereocenters. The van der Waals surface area contributed by atoms with Gasteiger partial charge in [0, 0.05) is 28.5 Å². The highest BCUT2D eigenvalue weighted by Crippen LogP contribution is 2.35. The van der Waals surface area contributed by atoms with Crippen LogP contribution in [0.25, 0.3) is 11.1 Å². The molecule has 12 heteroatoms. The van der Waals surface area contributed by atoms with E-state index < -0.39 is 23.7 Å². The van der Waals surface area contributed by atoms with Gasteiger partial charge in [0.2, 0.25) is 5.96 Å². The number of benzene rings is 2. The van der Waals surface area contributed by atoms with Crippen molar-refractivity contribution >= 4 is 52.4 Å². The molecular weight excluding hydrogens is 503 g/mol. The quantitative estimate of drug-likeness (QED) is 0.295. The zero-order chi connectivity index (χ0) is 26.1. The van der Waals surface area contributed by atoms with Gasteiger partial charge in [-0.15, -0.1) is 0 Å². The van der Waals surface area contributed by atoms with Crippen LogP contribution in [0.5, 0.6) is 0 Å². The highest BCUT2D eigenvalue weighted by Gasteiger charge is 2.31. The Morgan fingerprint density at radius 3 is 2.70 bits per heavy atom. The number of hydrogen-bond donors (Lipinski definition) is 4. The van der Waals surface area contributed by atoms with Gasteiger partial charge < -0.3 is 20.2 Å². The van der Waals surface area contributed by atoms with Crippen molar-refractivity contribution in [3.8, 4) is 0 Å². The summed E-state index contributed by atoms with van der Waals surface area (Å²) in [6.45, 7) is 1.69. The first-order valence-electron chi connectivity index (χ1n) is 10.9. The number of allylic oxidation sites excluding steroid dienone is 1. The third kappa shape index (κ3) is 4.98. The van der Waals surface area contributed by atoms with Crippen LogP contribution in [0.2, 0.25) is 5.02 Å². The minimum absolute atomic E-state index is 0.0103. The largest absolute Gasteiger partial charge is 0.478 e. The van der Waals surface area contributed by atoms with Crippen molar-refractivity contribution in [3.05, 3.63) is 94.0 Å². The van der Waals surface area contributed by atoms with Gasteiger partial charge in [-0.05, 0) is 37.3 Å². The first kappa shape index (κ1) is 23.9. The standard InChI is InChI=1S/C25H18ClFN6O4/c1-12-20(22(34)31-19-9-6-13(11-28-19)23(35)36)21(15-4-2-3-5-16(15)26)32-24(29-12)33-25-30-17-8-7-14(27)10-18(17)37-25/h2-11,21H,1H3,(H,35,36)(H,28,31,34)(H2,29,30,32,33). The summed E-state index contributed by atoms with van der Waals surface area (Å²) in [5, 5.41) is 18.1. The number of guanidine groups is 1. The molecular formula is C25H18ClFN6O4. The van der Waals surface area contributed by atoms with E-state index in [9.17, 15) is 14.0 Å². The number of nitrogens with zero attached hydrogens (tertiary/aromatic N) is 3. The normalized spacial score (nSPS) is 15.2. The number of halogens is 2. The molecule has 1 aliphatic rings. The summed E-state index contributed by atoms with van der Waals surface area (Å²) in [5.74, 6) is -1.69. The number of nitrogens with one attached hydrogen (secondary N) is 3. The Kier molecular flexibility index (Phi) is 6.28. The highest BCUT2D eigenvalue weighted by atomic mass is 35.5. The predicted octanol–water partition coefficient (Wildman–Crippen LogP) is 4.74. The smallest absolute Gasteiger partial charge is 0.337 e. The minimum atomic E-state index is -1.13. The second-order valence-electron chi connectivity index (χ2n) is 8.01. The van der Waals surface area contributed by atoms with Crippen molar-refractivity contribution in [1.29, 1.82) is 0 Å². The molecule has 1 aliphatic heterocycles. The van der Waals surface area contributed by atoms with Crippen molar-refractivity contribution in [1.82, 2.24) is 15.3 Å². The van der Waals surface area contributed by atoms with Crippen LogP contribution in [0.4, 0.5) is 16.2 Å². The summed E-state index contributed by atoms with van der Waals surface area (Å²) in [4.78, 5) is 37.3. The van der Waals surface area contributed by atoms with Gasteiger partial charge in [-0.1, -0.05) is 29.8 Å². The molecule has 0 spiro atoms. The summed E-state index contributed by atoms with van der Waals surface area (Å²) in [6.07, 6.45) is 1.15. The first-order chi connectivity index (χ1) is 17.8. The third-order valence-corrected chi connectivity index (χ3v) is 5.86. The van der Waals surface area contributed by atoms with E-state index >= 15 is 0 Å². The number of carbonyl (C=O) groups is 2. The SMILES string of the molecule is CC1=C(C(=O)Nc2ccc(C(=O)O)cn2)C(c2ccccc2Cl)N=C(Nc2nc3ccc(F)cc3o2)N1. The van der Waals surface area contributed by atoms with Crippen molar-refractivity contribution in [2.24, 2.45) is 4.99 Å². The minimum Gasteiger partial charge on any atom is -0.478 e. The molecule has 0 fully saturated rings. The summed E-state index contributed by atoms with van der Waals surface area (Å²) in [7, 11) is 0. The van der Waals surface area contributed by atoms with Crippen molar-refractivity contribution in [2.45, 2.75) is 13.0 Å². The van der Waals surface area contributed by atoms with Gasteiger partial charge in [0.15, 0.2) is 5.58 Å². The zero-order valence-electron chi connectivity index (χ0n) is 19.1. The van der Waals surface area contributed by atoms with Crippen molar-refractivity contribution in [3.63, 3.8) is 0 Å². The van der Waals surface area contributed by atoms with E-state index in [0.29, 0.717) is 21.8 Å². The summed E-state index contributed by atoms with van der Waals surface area (Å²) in [5.41, 5.74) is 2.01. The Labute approximate surface area is 213 Å². The van der Waals surface area contributed by atoms with Crippen LogP contribution in [-0.4, -0.2) is 32.9 Å². The number of aliphatic imine (C=N–C) groups is 1. The number of oxazole rings is 1. The molecule has 4 N–H and O–H groups in total. The highest BCUT2D eigenvalue weighted by molar-refractivity contribution is 6.31. The second kappa shape index (κ2) is 9.70. The number of amides is 1. The van der Waals surface area contributed by atoms with Crippen molar-refractivity contribution in [2.75, 3.05) is 10.6 Å². The maximum atomic E-state index is 13.5. The molecule has 10 nitrogen and oxygen atoms in total. The summed E-state index contributed by atoms with van der Waals surface area (Å²) >= 11 is 6.46. The van der Waals surface area contributed by atoms with E-state index in [2.05, 4.69) is 30.9 Å². The summed E-state index contributed by atoms with van der Waals surface area (Å²) < 4.78 is 19.1. The average Bonchev–Trinajstić information content (AvgIpc) is 3.25. The van der Waals surface area contributed by atoms with Gasteiger partial charge >= 0.3 is 12.0 Å². The number of hydrogen-bond acceptors (Lipinski definition) is 8. The number of carboxylic acid groups (broad SMARTS) is 1. The second-order valence-corrected chi connectivity index (χ2v) is 8.42. The van der Waals surface area contributed by atoms with Crippen LogP contribution in [-0.2, 0) is 4.79 Å². The molecule has 2 aromatic heterocycles. The number of carboxylic acids is 1. The van der Waals surface area contributed by atoms with Gasteiger partial charge in [0.1, 0.15) is 23.2 Å². The Morgan fingerprint density at radius 2 is 1.97 bits per heavy atom. The molecule has 0 radical (unpaired) electrons. The monoisotopic (exact) mass is 520 g/mol. The number of aromatic carboxylic acids is 1.